The Balaban J connectivity index is 1.95. The Hall–Kier alpha value is -2.13. The topological polar surface area (TPSA) is 86.6 Å². The molecule has 6 heteroatoms. The molecular weight excluding hydrogens is 230 g/mol. The van der Waals surface area contributed by atoms with E-state index in [-0.39, 0.29) is 0 Å². The van der Waals surface area contributed by atoms with Crippen molar-refractivity contribution in [2.75, 3.05) is 18.5 Å². The van der Waals surface area contributed by atoms with Gasteiger partial charge in [-0.1, -0.05) is 0 Å². The van der Waals surface area contributed by atoms with Gasteiger partial charge in [0.2, 0.25) is 0 Å². The summed E-state index contributed by atoms with van der Waals surface area (Å²) in [6, 6.07) is 2.50. The van der Waals surface area contributed by atoms with Crippen molar-refractivity contribution in [3.8, 4) is 6.07 Å². The highest BCUT2D eigenvalue weighted by Crippen LogP contribution is 2.24. The fourth-order valence-corrected chi connectivity index (χ4v) is 2.20. The van der Waals surface area contributed by atoms with Crippen molar-refractivity contribution in [3.63, 3.8) is 0 Å². The van der Waals surface area contributed by atoms with E-state index in [1.54, 1.807) is 6.20 Å². The van der Waals surface area contributed by atoms with E-state index in [0.29, 0.717) is 17.3 Å². The first-order valence-corrected chi connectivity index (χ1v) is 5.95. The van der Waals surface area contributed by atoms with Crippen LogP contribution in [0.1, 0.15) is 18.4 Å². The molecule has 0 atom stereocenters. The van der Waals surface area contributed by atoms with E-state index in [9.17, 15) is 0 Å². The van der Waals surface area contributed by atoms with Gasteiger partial charge in [0.05, 0.1) is 10.9 Å². The zero-order valence-electron chi connectivity index (χ0n) is 9.81. The standard InChI is InChI=1S/C12H13N5O/c13-5-8-6-14-11-10(8)12(16-7-15-11)17-9-1-3-18-4-2-9/h6-7,9H,1-4H2,(H2,14,15,16,17). The minimum absolute atomic E-state index is 0.346. The quantitative estimate of drug-likeness (QED) is 0.833. The van der Waals surface area contributed by atoms with Crippen molar-refractivity contribution < 1.29 is 4.74 Å². The first kappa shape index (κ1) is 11.0. The lowest BCUT2D eigenvalue weighted by Gasteiger charge is -2.23. The summed E-state index contributed by atoms with van der Waals surface area (Å²) >= 11 is 0. The van der Waals surface area contributed by atoms with E-state index in [0.717, 1.165) is 37.3 Å². The summed E-state index contributed by atoms with van der Waals surface area (Å²) in [6.45, 7) is 1.54. The summed E-state index contributed by atoms with van der Waals surface area (Å²) in [5.74, 6) is 0.727. The number of nitriles is 1. The first-order valence-electron chi connectivity index (χ1n) is 5.95. The van der Waals surface area contributed by atoms with Gasteiger partial charge in [0.25, 0.3) is 0 Å². The van der Waals surface area contributed by atoms with Gasteiger partial charge in [-0.2, -0.15) is 5.26 Å². The monoisotopic (exact) mass is 243 g/mol. The highest BCUT2D eigenvalue weighted by atomic mass is 16.5. The van der Waals surface area contributed by atoms with Gasteiger partial charge in [0.15, 0.2) is 0 Å². The third-order valence-electron chi connectivity index (χ3n) is 3.15. The van der Waals surface area contributed by atoms with Gasteiger partial charge in [-0.25, -0.2) is 9.97 Å². The zero-order chi connectivity index (χ0) is 12.4. The molecule has 1 aliphatic heterocycles. The molecular formula is C12H13N5O. The second-order valence-electron chi connectivity index (χ2n) is 4.29. The molecule has 2 N–H and O–H groups in total. The van der Waals surface area contributed by atoms with Crippen LogP contribution in [0.2, 0.25) is 0 Å². The van der Waals surface area contributed by atoms with Crippen LogP contribution in [0.25, 0.3) is 11.0 Å². The van der Waals surface area contributed by atoms with Crippen LogP contribution in [0.3, 0.4) is 0 Å². The SMILES string of the molecule is N#Cc1c[nH]c2ncnc(NC3CCOCC3)c12. The molecule has 1 aliphatic rings. The lowest BCUT2D eigenvalue weighted by Crippen LogP contribution is -2.28. The first-order chi connectivity index (χ1) is 8.88. The number of anilines is 1. The highest BCUT2D eigenvalue weighted by molar-refractivity contribution is 5.92. The van der Waals surface area contributed by atoms with E-state index < -0.39 is 0 Å². The van der Waals surface area contributed by atoms with E-state index in [4.69, 9.17) is 10.00 Å². The summed E-state index contributed by atoms with van der Waals surface area (Å²) in [5, 5.41) is 13.2. The highest BCUT2D eigenvalue weighted by Gasteiger charge is 2.17. The molecule has 6 nitrogen and oxygen atoms in total. The molecule has 2 aromatic heterocycles. The molecule has 18 heavy (non-hydrogen) atoms. The van der Waals surface area contributed by atoms with Crippen LogP contribution in [-0.4, -0.2) is 34.2 Å². The average Bonchev–Trinajstić information content (AvgIpc) is 2.84. The maximum absolute atomic E-state index is 9.08. The number of nitrogens with zero attached hydrogens (tertiary/aromatic N) is 3. The van der Waals surface area contributed by atoms with Crippen molar-refractivity contribution in [2.24, 2.45) is 0 Å². The number of ether oxygens (including phenoxy) is 1. The normalized spacial score (nSPS) is 16.6. The van der Waals surface area contributed by atoms with E-state index in [1.807, 2.05) is 0 Å². The van der Waals surface area contributed by atoms with E-state index >= 15 is 0 Å². The molecule has 3 heterocycles. The molecule has 0 aromatic carbocycles. The third-order valence-corrected chi connectivity index (χ3v) is 3.15. The Bertz CT molecular complexity index is 594. The second-order valence-corrected chi connectivity index (χ2v) is 4.29. The molecule has 0 amide bonds. The molecule has 1 saturated heterocycles. The Morgan fingerprint density at radius 3 is 3.00 bits per heavy atom. The van der Waals surface area contributed by atoms with Crippen molar-refractivity contribution in [1.29, 1.82) is 5.26 Å². The molecule has 3 rings (SSSR count). The largest absolute Gasteiger partial charge is 0.381 e. The maximum Gasteiger partial charge on any atom is 0.144 e. The van der Waals surface area contributed by atoms with Crippen LogP contribution < -0.4 is 5.32 Å². The Morgan fingerprint density at radius 2 is 2.22 bits per heavy atom. The summed E-state index contributed by atoms with van der Waals surface area (Å²) < 4.78 is 5.32. The Kier molecular flexibility index (Phi) is 2.82. The molecule has 0 unspecified atom stereocenters. The molecule has 92 valence electrons. The van der Waals surface area contributed by atoms with Gasteiger partial charge in [0.1, 0.15) is 23.9 Å². The number of rotatable bonds is 2. The van der Waals surface area contributed by atoms with Gasteiger partial charge in [0, 0.05) is 25.5 Å². The van der Waals surface area contributed by atoms with Crippen LogP contribution in [-0.2, 0) is 4.74 Å². The van der Waals surface area contributed by atoms with Crippen LogP contribution in [0, 0.1) is 11.3 Å². The van der Waals surface area contributed by atoms with Crippen molar-refractivity contribution in [2.45, 2.75) is 18.9 Å². The molecule has 2 aromatic rings. The van der Waals surface area contributed by atoms with Gasteiger partial charge >= 0.3 is 0 Å². The fraction of sp³-hybridized carbons (Fsp3) is 0.417. The van der Waals surface area contributed by atoms with Crippen LogP contribution in [0.5, 0.6) is 0 Å². The number of H-pyrrole nitrogens is 1. The van der Waals surface area contributed by atoms with Crippen molar-refractivity contribution in [1.82, 2.24) is 15.0 Å². The minimum Gasteiger partial charge on any atom is -0.381 e. The van der Waals surface area contributed by atoms with Crippen molar-refractivity contribution in [3.05, 3.63) is 18.1 Å². The minimum atomic E-state index is 0.346. The number of hydrogen-bond donors (Lipinski definition) is 2. The maximum atomic E-state index is 9.08. The van der Waals surface area contributed by atoms with Gasteiger partial charge < -0.3 is 15.0 Å². The number of aromatic amines is 1. The summed E-state index contributed by atoms with van der Waals surface area (Å²) in [6.07, 6.45) is 5.08. The summed E-state index contributed by atoms with van der Waals surface area (Å²) in [7, 11) is 0. The summed E-state index contributed by atoms with van der Waals surface area (Å²) in [4.78, 5) is 11.3. The Morgan fingerprint density at radius 1 is 1.39 bits per heavy atom. The van der Waals surface area contributed by atoms with E-state index in [2.05, 4.69) is 26.3 Å². The van der Waals surface area contributed by atoms with Crippen LogP contribution in [0.15, 0.2) is 12.5 Å². The predicted octanol–water partition coefficient (Wildman–Crippen LogP) is 1.42. The average molecular weight is 243 g/mol. The van der Waals surface area contributed by atoms with Gasteiger partial charge in [-0.05, 0) is 12.8 Å². The zero-order valence-corrected chi connectivity index (χ0v) is 9.81. The lowest BCUT2D eigenvalue weighted by molar-refractivity contribution is 0.0904. The Labute approximate surface area is 104 Å². The number of fused-ring (bicyclic) bond motifs is 1. The molecule has 0 spiro atoms. The fourth-order valence-electron chi connectivity index (χ4n) is 2.20. The smallest absolute Gasteiger partial charge is 0.144 e. The summed E-state index contributed by atoms with van der Waals surface area (Å²) in [5.41, 5.74) is 1.26. The number of hydrogen-bond acceptors (Lipinski definition) is 5. The lowest BCUT2D eigenvalue weighted by atomic mass is 10.1. The number of nitrogens with one attached hydrogen (secondary N) is 2. The predicted molar refractivity (Wildman–Crippen MR) is 66.1 cm³/mol. The van der Waals surface area contributed by atoms with Crippen molar-refractivity contribution >= 4 is 16.9 Å². The van der Waals surface area contributed by atoms with Crippen LogP contribution >= 0.6 is 0 Å². The molecule has 1 fully saturated rings. The number of aromatic nitrogens is 3. The van der Waals surface area contributed by atoms with Gasteiger partial charge in [-0.3, -0.25) is 0 Å². The molecule has 0 aliphatic carbocycles. The third kappa shape index (κ3) is 1.89. The molecule has 0 radical (unpaired) electrons. The van der Waals surface area contributed by atoms with E-state index in [1.165, 1.54) is 6.33 Å². The molecule has 0 bridgehead atoms. The van der Waals surface area contributed by atoms with Gasteiger partial charge in [-0.15, -0.1) is 0 Å². The van der Waals surface area contributed by atoms with Crippen LogP contribution in [0.4, 0.5) is 5.82 Å². The molecule has 0 saturated carbocycles. The second kappa shape index (κ2) is 4.63.